The molecule has 0 radical (unpaired) electrons. The van der Waals surface area contributed by atoms with E-state index in [0.29, 0.717) is 35.2 Å². The van der Waals surface area contributed by atoms with Crippen molar-refractivity contribution in [1.29, 1.82) is 0 Å². The number of aryl methyl sites for hydroxylation is 1. The highest BCUT2D eigenvalue weighted by Crippen LogP contribution is 2.35. The van der Waals surface area contributed by atoms with E-state index in [2.05, 4.69) is 0 Å². The first-order valence-electron chi connectivity index (χ1n) is 10.6. The number of hydrogen-bond acceptors (Lipinski definition) is 7. The second-order valence-corrected chi connectivity index (χ2v) is 7.41. The molecule has 0 fully saturated rings. The number of esters is 1. The number of para-hydroxylation sites is 2. The molecule has 0 atom stereocenters. The lowest BCUT2D eigenvalue weighted by molar-refractivity contribution is -0.144. The zero-order valence-electron chi connectivity index (χ0n) is 18.8. The van der Waals surface area contributed by atoms with Gasteiger partial charge in [-0.25, -0.2) is 4.79 Å². The summed E-state index contributed by atoms with van der Waals surface area (Å²) < 4.78 is 28.9. The van der Waals surface area contributed by atoms with Crippen LogP contribution in [0.2, 0.25) is 0 Å². The van der Waals surface area contributed by atoms with Gasteiger partial charge in [0.15, 0.2) is 36.2 Å². The molecule has 3 aromatic rings. The molecule has 33 heavy (non-hydrogen) atoms. The molecule has 2 aromatic carbocycles. The minimum atomic E-state index is -0.640. The van der Waals surface area contributed by atoms with Gasteiger partial charge in [-0.3, -0.25) is 4.79 Å². The summed E-state index contributed by atoms with van der Waals surface area (Å²) in [5.41, 5.74) is 2.96. The third-order valence-corrected chi connectivity index (χ3v) is 5.20. The second-order valence-electron chi connectivity index (χ2n) is 7.41. The first kappa shape index (κ1) is 22.3. The molecule has 0 saturated heterocycles. The summed E-state index contributed by atoms with van der Waals surface area (Å²) in [6.45, 7) is 5.58. The minimum Gasteiger partial charge on any atom is -0.490 e. The number of ketones is 1. The summed E-state index contributed by atoms with van der Waals surface area (Å²) in [7, 11) is 0. The number of Topliss-reactive ketones (excluding diaryl/α,β-unsaturated/α-hetero) is 1. The van der Waals surface area contributed by atoms with Crippen LogP contribution in [0, 0.1) is 13.8 Å². The minimum absolute atomic E-state index is 0.193. The summed E-state index contributed by atoms with van der Waals surface area (Å²) >= 11 is 0. The zero-order valence-corrected chi connectivity index (χ0v) is 18.8. The molecule has 8 nitrogen and oxygen atoms in total. The molecule has 0 saturated carbocycles. The summed E-state index contributed by atoms with van der Waals surface area (Å²) in [6.07, 6.45) is 0. The van der Waals surface area contributed by atoms with Crippen molar-refractivity contribution in [1.82, 2.24) is 4.57 Å². The number of carbonyl (C=O) groups is 2. The van der Waals surface area contributed by atoms with Crippen molar-refractivity contribution >= 4 is 11.8 Å². The number of ether oxygens (including phenoxy) is 5. The highest BCUT2D eigenvalue weighted by atomic mass is 16.7. The average Bonchev–Trinajstić information content (AvgIpc) is 3.40. The van der Waals surface area contributed by atoms with Crippen LogP contribution in [0.15, 0.2) is 48.5 Å². The number of fused-ring (bicyclic) bond motifs is 1. The number of aromatic nitrogens is 1. The fourth-order valence-corrected chi connectivity index (χ4v) is 3.71. The predicted octanol–water partition coefficient (Wildman–Crippen LogP) is 4.03. The van der Waals surface area contributed by atoms with Crippen LogP contribution < -0.4 is 18.9 Å². The molecule has 2 heterocycles. The van der Waals surface area contributed by atoms with Gasteiger partial charge in [0.1, 0.15) is 0 Å². The number of benzene rings is 2. The molecular weight excluding hydrogens is 426 g/mol. The van der Waals surface area contributed by atoms with Crippen LogP contribution in [-0.2, 0) is 9.53 Å². The fourth-order valence-electron chi connectivity index (χ4n) is 3.71. The quantitative estimate of drug-likeness (QED) is 0.359. The summed E-state index contributed by atoms with van der Waals surface area (Å²) in [5, 5.41) is 0. The maximum Gasteiger partial charge on any atom is 0.344 e. The molecular formula is C25H25NO7. The van der Waals surface area contributed by atoms with Crippen LogP contribution in [0.5, 0.6) is 23.0 Å². The topological polar surface area (TPSA) is 85.2 Å². The molecule has 1 aliphatic rings. The van der Waals surface area contributed by atoms with Crippen molar-refractivity contribution in [3.8, 4) is 28.7 Å². The summed E-state index contributed by atoms with van der Waals surface area (Å²) in [5.74, 6) is 1.40. The van der Waals surface area contributed by atoms with Gasteiger partial charge in [0.05, 0.1) is 6.61 Å². The largest absolute Gasteiger partial charge is 0.490 e. The van der Waals surface area contributed by atoms with Crippen molar-refractivity contribution in [2.45, 2.75) is 20.8 Å². The van der Waals surface area contributed by atoms with E-state index in [9.17, 15) is 9.59 Å². The Morgan fingerprint density at radius 1 is 0.939 bits per heavy atom. The smallest absolute Gasteiger partial charge is 0.344 e. The van der Waals surface area contributed by atoms with Gasteiger partial charge in [-0.15, -0.1) is 0 Å². The predicted molar refractivity (Wildman–Crippen MR) is 120 cm³/mol. The Morgan fingerprint density at radius 2 is 1.67 bits per heavy atom. The Bertz CT molecular complexity index is 1180. The number of nitrogens with zero attached hydrogens (tertiary/aromatic N) is 1. The third-order valence-electron chi connectivity index (χ3n) is 5.20. The van der Waals surface area contributed by atoms with Gasteiger partial charge in [0.2, 0.25) is 12.6 Å². The van der Waals surface area contributed by atoms with Crippen molar-refractivity contribution in [2.75, 3.05) is 26.6 Å². The summed E-state index contributed by atoms with van der Waals surface area (Å²) in [4.78, 5) is 24.9. The van der Waals surface area contributed by atoms with E-state index in [1.165, 1.54) is 0 Å². The number of carbonyl (C=O) groups excluding carboxylic acids is 2. The van der Waals surface area contributed by atoms with Gasteiger partial charge in [-0.2, -0.15) is 0 Å². The molecule has 1 aromatic heterocycles. The molecule has 4 rings (SSSR count). The van der Waals surface area contributed by atoms with Gasteiger partial charge in [0.25, 0.3) is 0 Å². The van der Waals surface area contributed by atoms with E-state index in [4.69, 9.17) is 23.7 Å². The lowest BCUT2D eigenvalue weighted by Gasteiger charge is -2.11. The lowest BCUT2D eigenvalue weighted by atomic mass is 10.1. The molecule has 0 unspecified atom stereocenters. The van der Waals surface area contributed by atoms with Crippen LogP contribution in [-0.4, -0.2) is 42.9 Å². The van der Waals surface area contributed by atoms with Gasteiger partial charge < -0.3 is 28.3 Å². The van der Waals surface area contributed by atoms with E-state index in [0.717, 1.165) is 17.1 Å². The first-order valence-corrected chi connectivity index (χ1v) is 10.6. The van der Waals surface area contributed by atoms with E-state index in [1.807, 2.05) is 49.6 Å². The van der Waals surface area contributed by atoms with E-state index in [-0.39, 0.29) is 25.8 Å². The maximum absolute atomic E-state index is 12.8. The van der Waals surface area contributed by atoms with Gasteiger partial charge >= 0.3 is 5.97 Å². The van der Waals surface area contributed by atoms with Crippen molar-refractivity contribution < 1.29 is 33.3 Å². The highest BCUT2D eigenvalue weighted by molar-refractivity contribution is 5.99. The fraction of sp³-hybridized carbons (Fsp3) is 0.280. The average molecular weight is 451 g/mol. The van der Waals surface area contributed by atoms with Crippen LogP contribution in [0.3, 0.4) is 0 Å². The number of hydrogen-bond donors (Lipinski definition) is 0. The SMILES string of the molecule is CCOc1ccccc1OCC(=O)OCC(=O)c1cc(C)n(-c2ccc3c(c2)OCO3)c1C. The number of rotatable bonds is 9. The van der Waals surface area contributed by atoms with E-state index in [1.54, 1.807) is 24.3 Å². The van der Waals surface area contributed by atoms with Gasteiger partial charge in [-0.1, -0.05) is 12.1 Å². The van der Waals surface area contributed by atoms with Crippen LogP contribution in [0.4, 0.5) is 0 Å². The first-order chi connectivity index (χ1) is 16.0. The van der Waals surface area contributed by atoms with Crippen molar-refractivity contribution in [2.24, 2.45) is 0 Å². The highest BCUT2D eigenvalue weighted by Gasteiger charge is 2.20. The Kier molecular flexibility index (Phi) is 6.53. The maximum atomic E-state index is 12.8. The molecule has 0 N–H and O–H groups in total. The molecule has 172 valence electrons. The Balaban J connectivity index is 1.38. The van der Waals surface area contributed by atoms with Crippen molar-refractivity contribution in [3.63, 3.8) is 0 Å². The molecule has 1 aliphatic heterocycles. The molecule has 0 spiro atoms. The van der Waals surface area contributed by atoms with Crippen LogP contribution in [0.25, 0.3) is 5.69 Å². The van der Waals surface area contributed by atoms with Crippen LogP contribution >= 0.6 is 0 Å². The van der Waals surface area contributed by atoms with Gasteiger partial charge in [-0.05, 0) is 51.1 Å². The molecule has 0 bridgehead atoms. The Morgan fingerprint density at radius 3 is 2.42 bits per heavy atom. The normalized spacial score (nSPS) is 11.8. The van der Waals surface area contributed by atoms with E-state index < -0.39 is 5.97 Å². The zero-order chi connectivity index (χ0) is 23.4. The molecule has 8 heteroatoms. The molecule has 0 aliphatic carbocycles. The Labute approximate surface area is 191 Å². The standard InChI is InChI=1S/C25H25NO7/c1-4-29-21-7-5-6-8-22(21)30-14-25(28)31-13-20(27)19-11-16(2)26(17(19)3)18-9-10-23-24(12-18)33-15-32-23/h5-12H,4,13-15H2,1-3H3. The monoisotopic (exact) mass is 451 g/mol. The lowest BCUT2D eigenvalue weighted by Crippen LogP contribution is -2.20. The third kappa shape index (κ3) is 4.79. The molecule has 0 amide bonds. The Hall–Kier alpha value is -3.94. The van der Waals surface area contributed by atoms with Gasteiger partial charge in [0, 0.05) is 28.7 Å². The van der Waals surface area contributed by atoms with E-state index >= 15 is 0 Å². The van der Waals surface area contributed by atoms with Crippen LogP contribution in [0.1, 0.15) is 28.7 Å². The second kappa shape index (κ2) is 9.68. The summed E-state index contributed by atoms with van der Waals surface area (Å²) in [6, 6.07) is 14.4. The van der Waals surface area contributed by atoms with Crippen molar-refractivity contribution in [3.05, 3.63) is 65.5 Å².